The summed E-state index contributed by atoms with van der Waals surface area (Å²) < 4.78 is 36.0. The summed E-state index contributed by atoms with van der Waals surface area (Å²) in [7, 11) is -1.67. The van der Waals surface area contributed by atoms with Gasteiger partial charge in [0.2, 0.25) is 15.9 Å². The summed E-state index contributed by atoms with van der Waals surface area (Å²) in [6.45, 7) is 0.509. The van der Waals surface area contributed by atoms with E-state index in [0.29, 0.717) is 23.9 Å². The first-order chi connectivity index (χ1) is 11.5. The summed E-state index contributed by atoms with van der Waals surface area (Å²) in [5, 5.41) is 0. The quantitative estimate of drug-likeness (QED) is 0.824. The number of benzene rings is 1. The zero-order valence-corrected chi connectivity index (χ0v) is 14.4. The largest absolute Gasteiger partial charge is 0.497 e. The fourth-order valence-electron chi connectivity index (χ4n) is 2.77. The number of sulfonamides is 1. The van der Waals surface area contributed by atoms with Gasteiger partial charge in [-0.1, -0.05) is 0 Å². The molecule has 1 aromatic carbocycles. The van der Waals surface area contributed by atoms with Crippen molar-refractivity contribution in [2.24, 2.45) is 0 Å². The van der Waals surface area contributed by atoms with Crippen LogP contribution in [0, 0.1) is 0 Å². The Labute approximate surface area is 141 Å². The van der Waals surface area contributed by atoms with Crippen molar-refractivity contribution >= 4 is 10.0 Å². The van der Waals surface area contributed by atoms with E-state index in [1.165, 1.54) is 16.8 Å². The molecular weight excluding hydrogens is 330 g/mol. The van der Waals surface area contributed by atoms with Crippen molar-refractivity contribution < 1.29 is 17.9 Å². The van der Waals surface area contributed by atoms with E-state index in [0.717, 1.165) is 18.6 Å². The van der Waals surface area contributed by atoms with Gasteiger partial charge in [0.1, 0.15) is 11.5 Å². The summed E-state index contributed by atoms with van der Waals surface area (Å²) in [6.07, 6.45) is 5.86. The lowest BCUT2D eigenvalue weighted by molar-refractivity contribution is 0.385. The van der Waals surface area contributed by atoms with Gasteiger partial charge in [-0.15, -0.1) is 0 Å². The molecule has 8 heteroatoms. The number of methoxy groups -OCH3 is 1. The summed E-state index contributed by atoms with van der Waals surface area (Å²) >= 11 is 0. The second-order valence-electron chi connectivity index (χ2n) is 5.59. The Morgan fingerprint density at radius 2 is 1.88 bits per heavy atom. The highest BCUT2D eigenvalue weighted by Gasteiger charge is 2.33. The Balaban J connectivity index is 1.81. The number of nitrogens with zero attached hydrogens (tertiary/aromatic N) is 3. The zero-order chi connectivity index (χ0) is 17.2. The Bertz CT molecular complexity index is 808. The maximum atomic E-state index is 11.9. The number of hydrogen-bond donors (Lipinski definition) is 0. The van der Waals surface area contributed by atoms with Crippen LogP contribution in [0.5, 0.6) is 17.4 Å². The molecule has 0 spiro atoms. The minimum absolute atomic E-state index is 0.285. The maximum absolute atomic E-state index is 11.9. The summed E-state index contributed by atoms with van der Waals surface area (Å²) in [5.74, 6) is 1.67. The van der Waals surface area contributed by atoms with Gasteiger partial charge in [-0.25, -0.2) is 13.4 Å². The average molecular weight is 349 g/mol. The van der Waals surface area contributed by atoms with E-state index in [2.05, 4.69) is 9.97 Å². The third kappa shape index (κ3) is 3.65. The van der Waals surface area contributed by atoms with Crippen molar-refractivity contribution in [3.05, 3.63) is 42.4 Å². The van der Waals surface area contributed by atoms with Gasteiger partial charge in [0.05, 0.1) is 37.5 Å². The van der Waals surface area contributed by atoms with Crippen LogP contribution < -0.4 is 9.47 Å². The molecule has 1 fully saturated rings. The second kappa shape index (κ2) is 6.74. The third-order valence-corrected chi connectivity index (χ3v) is 5.17. The van der Waals surface area contributed by atoms with Crippen LogP contribution in [-0.4, -0.2) is 42.6 Å². The molecule has 0 amide bonds. The van der Waals surface area contributed by atoms with Crippen LogP contribution in [0.3, 0.4) is 0 Å². The van der Waals surface area contributed by atoms with Gasteiger partial charge >= 0.3 is 0 Å². The molecule has 0 unspecified atom stereocenters. The van der Waals surface area contributed by atoms with Gasteiger partial charge in [0, 0.05) is 6.54 Å². The molecule has 0 saturated carbocycles. The predicted octanol–water partition coefficient (Wildman–Crippen LogP) is 2.37. The van der Waals surface area contributed by atoms with Crippen LogP contribution in [0.2, 0.25) is 0 Å². The Hall–Kier alpha value is -2.19. The van der Waals surface area contributed by atoms with E-state index in [9.17, 15) is 8.42 Å². The third-order valence-electron chi connectivity index (χ3n) is 3.88. The molecule has 3 rings (SSSR count). The van der Waals surface area contributed by atoms with Crippen LogP contribution >= 0.6 is 0 Å². The number of hydrogen-bond acceptors (Lipinski definition) is 6. The molecule has 0 radical (unpaired) electrons. The van der Waals surface area contributed by atoms with E-state index in [4.69, 9.17) is 9.47 Å². The Morgan fingerprint density at radius 1 is 1.17 bits per heavy atom. The fraction of sp³-hybridized carbons (Fsp3) is 0.375. The lowest BCUT2D eigenvalue weighted by Gasteiger charge is -2.21. The maximum Gasteiger partial charge on any atom is 0.238 e. The molecule has 1 aromatic heterocycles. The average Bonchev–Trinajstić information content (AvgIpc) is 3.06. The van der Waals surface area contributed by atoms with E-state index < -0.39 is 10.0 Å². The molecule has 7 nitrogen and oxygen atoms in total. The van der Waals surface area contributed by atoms with Gasteiger partial charge in [0.15, 0.2) is 0 Å². The summed E-state index contributed by atoms with van der Waals surface area (Å²) in [5.41, 5.74) is 0.601. The standard InChI is InChI=1S/C16H19N3O4S/c1-22-12-5-7-13(8-6-12)23-16-11-17-10-14(18-16)15-4-3-9-19(15)24(2,20)21/h5-8,10-11,15H,3-4,9H2,1-2H3/t15-/m0/s1. The molecule has 0 N–H and O–H groups in total. The molecule has 24 heavy (non-hydrogen) atoms. The minimum Gasteiger partial charge on any atom is -0.497 e. The monoisotopic (exact) mass is 349 g/mol. The molecule has 0 aliphatic carbocycles. The van der Waals surface area contributed by atoms with Crippen molar-refractivity contribution in [3.8, 4) is 17.4 Å². The van der Waals surface area contributed by atoms with Gasteiger partial charge < -0.3 is 9.47 Å². The van der Waals surface area contributed by atoms with Crippen molar-refractivity contribution in [1.82, 2.24) is 14.3 Å². The molecule has 2 aromatic rings. The molecule has 1 aliphatic rings. The van der Waals surface area contributed by atoms with Crippen molar-refractivity contribution in [1.29, 1.82) is 0 Å². The molecule has 1 aliphatic heterocycles. The molecular formula is C16H19N3O4S. The normalized spacial score (nSPS) is 18.5. The topological polar surface area (TPSA) is 81.6 Å². The van der Waals surface area contributed by atoms with Gasteiger partial charge in [0.25, 0.3) is 0 Å². The van der Waals surface area contributed by atoms with Crippen LogP contribution in [0.15, 0.2) is 36.7 Å². The second-order valence-corrected chi connectivity index (χ2v) is 7.53. The Morgan fingerprint density at radius 3 is 2.54 bits per heavy atom. The first-order valence-corrected chi connectivity index (χ1v) is 9.43. The highest BCUT2D eigenvalue weighted by molar-refractivity contribution is 7.88. The van der Waals surface area contributed by atoms with Gasteiger partial charge in [-0.3, -0.25) is 4.98 Å². The lowest BCUT2D eigenvalue weighted by atomic mass is 10.2. The van der Waals surface area contributed by atoms with E-state index in [1.807, 2.05) is 0 Å². The van der Waals surface area contributed by atoms with Crippen molar-refractivity contribution in [2.45, 2.75) is 18.9 Å². The fourth-order valence-corrected chi connectivity index (χ4v) is 3.91. The highest BCUT2D eigenvalue weighted by Crippen LogP contribution is 2.33. The highest BCUT2D eigenvalue weighted by atomic mass is 32.2. The number of ether oxygens (including phenoxy) is 2. The van der Waals surface area contributed by atoms with Crippen LogP contribution in [0.4, 0.5) is 0 Å². The van der Waals surface area contributed by atoms with Gasteiger partial charge in [-0.2, -0.15) is 4.31 Å². The molecule has 2 heterocycles. The van der Waals surface area contributed by atoms with Gasteiger partial charge in [-0.05, 0) is 37.1 Å². The number of rotatable bonds is 5. The summed E-state index contributed by atoms with van der Waals surface area (Å²) in [4.78, 5) is 8.58. The molecule has 128 valence electrons. The van der Waals surface area contributed by atoms with Crippen LogP contribution in [-0.2, 0) is 10.0 Å². The van der Waals surface area contributed by atoms with E-state index in [1.54, 1.807) is 37.6 Å². The van der Waals surface area contributed by atoms with Crippen LogP contribution in [0.1, 0.15) is 24.6 Å². The summed E-state index contributed by atoms with van der Waals surface area (Å²) in [6, 6.07) is 6.83. The molecule has 1 saturated heterocycles. The van der Waals surface area contributed by atoms with Crippen molar-refractivity contribution in [3.63, 3.8) is 0 Å². The smallest absolute Gasteiger partial charge is 0.238 e. The first-order valence-electron chi connectivity index (χ1n) is 7.58. The zero-order valence-electron chi connectivity index (χ0n) is 13.5. The van der Waals surface area contributed by atoms with Crippen LogP contribution in [0.25, 0.3) is 0 Å². The van der Waals surface area contributed by atoms with Crippen molar-refractivity contribution in [2.75, 3.05) is 19.9 Å². The first kappa shape index (κ1) is 16.7. The SMILES string of the molecule is COc1ccc(Oc2cncc([C@@H]3CCCN3S(C)(=O)=O)n2)cc1. The molecule has 1 atom stereocenters. The lowest BCUT2D eigenvalue weighted by Crippen LogP contribution is -2.30. The van der Waals surface area contributed by atoms with E-state index >= 15 is 0 Å². The van der Waals surface area contributed by atoms with E-state index in [-0.39, 0.29) is 6.04 Å². The molecule has 0 bridgehead atoms. The minimum atomic E-state index is -3.27. The number of aromatic nitrogens is 2. The predicted molar refractivity (Wildman–Crippen MR) is 88.6 cm³/mol. The Kier molecular flexibility index (Phi) is 4.68.